The van der Waals surface area contributed by atoms with Crippen molar-refractivity contribution in [3.63, 3.8) is 0 Å². The van der Waals surface area contributed by atoms with Crippen LogP contribution in [0.1, 0.15) is 12.7 Å². The highest BCUT2D eigenvalue weighted by Crippen LogP contribution is 1.96. The molecule has 0 atom stereocenters. The Bertz CT molecular complexity index is 123. The first-order chi connectivity index (χ1) is 3.43. The second kappa shape index (κ2) is 1.78. The van der Waals surface area contributed by atoms with Crippen molar-refractivity contribution in [2.75, 3.05) is 0 Å². The van der Waals surface area contributed by atoms with Crippen molar-refractivity contribution in [3.05, 3.63) is 24.4 Å². The first-order valence-corrected chi connectivity index (χ1v) is 2.13. The van der Waals surface area contributed by atoms with E-state index in [0.717, 1.165) is 5.76 Å². The standard InChI is InChI=1S/C5H6NO/c1-2-5-3-4-6-7-5/h2-4H,1H3. The third-order valence-corrected chi connectivity index (χ3v) is 0.742. The molecular weight excluding hydrogens is 90.1 g/mol. The summed E-state index contributed by atoms with van der Waals surface area (Å²) in [6.45, 7) is 1.90. The van der Waals surface area contributed by atoms with Gasteiger partial charge in [-0.15, -0.1) is 0 Å². The minimum absolute atomic E-state index is 0.819. The molecule has 0 N–H and O–H groups in total. The highest BCUT2D eigenvalue weighted by molar-refractivity contribution is 5.02. The summed E-state index contributed by atoms with van der Waals surface area (Å²) in [7, 11) is 0. The molecule has 0 aromatic carbocycles. The van der Waals surface area contributed by atoms with Crippen molar-refractivity contribution >= 4 is 0 Å². The van der Waals surface area contributed by atoms with Gasteiger partial charge in [-0.05, 0) is 0 Å². The van der Waals surface area contributed by atoms with Gasteiger partial charge in [0.25, 0.3) is 0 Å². The molecule has 7 heavy (non-hydrogen) atoms. The Morgan fingerprint density at radius 3 is 3.00 bits per heavy atom. The van der Waals surface area contributed by atoms with Gasteiger partial charge in [-0.25, -0.2) is 0 Å². The molecule has 0 unspecified atom stereocenters. The Balaban J connectivity index is 2.76. The highest BCUT2D eigenvalue weighted by atomic mass is 16.5. The van der Waals surface area contributed by atoms with Crippen LogP contribution < -0.4 is 0 Å². The fourth-order valence-electron chi connectivity index (χ4n) is 0.375. The molecule has 0 saturated heterocycles. The van der Waals surface area contributed by atoms with E-state index >= 15 is 0 Å². The summed E-state index contributed by atoms with van der Waals surface area (Å²) >= 11 is 0. The summed E-state index contributed by atoms with van der Waals surface area (Å²) in [5.41, 5.74) is 0. The number of hydrogen-bond acceptors (Lipinski definition) is 2. The molecule has 1 aromatic heterocycles. The molecule has 1 aromatic rings. The van der Waals surface area contributed by atoms with Gasteiger partial charge in [-0.2, -0.15) is 0 Å². The van der Waals surface area contributed by atoms with Crippen molar-refractivity contribution in [1.29, 1.82) is 0 Å². The average molecular weight is 96.1 g/mol. The zero-order chi connectivity index (χ0) is 5.11. The molecule has 1 rings (SSSR count). The largest absolute Gasteiger partial charge is 0.361 e. The first-order valence-electron chi connectivity index (χ1n) is 2.13. The minimum Gasteiger partial charge on any atom is -0.361 e. The maximum Gasteiger partial charge on any atom is 0.140 e. The van der Waals surface area contributed by atoms with E-state index < -0.39 is 0 Å². The smallest absolute Gasteiger partial charge is 0.140 e. The summed E-state index contributed by atoms with van der Waals surface area (Å²) in [6, 6.07) is 1.81. The summed E-state index contributed by atoms with van der Waals surface area (Å²) in [5, 5.41) is 3.49. The second-order valence-electron chi connectivity index (χ2n) is 1.20. The fourth-order valence-corrected chi connectivity index (χ4v) is 0.375. The van der Waals surface area contributed by atoms with Gasteiger partial charge in [0.05, 0.1) is 6.20 Å². The lowest BCUT2D eigenvalue weighted by Crippen LogP contribution is -1.63. The van der Waals surface area contributed by atoms with Gasteiger partial charge in [0, 0.05) is 12.5 Å². The summed E-state index contributed by atoms with van der Waals surface area (Å²) < 4.78 is 4.68. The molecule has 0 spiro atoms. The molecule has 0 bridgehead atoms. The van der Waals surface area contributed by atoms with E-state index in [1.165, 1.54) is 0 Å². The lowest BCUT2D eigenvalue weighted by Gasteiger charge is -1.75. The molecule has 0 fully saturated rings. The highest BCUT2D eigenvalue weighted by Gasteiger charge is 1.87. The molecule has 2 heteroatoms. The Labute approximate surface area is 42.1 Å². The van der Waals surface area contributed by atoms with Crippen molar-refractivity contribution in [1.82, 2.24) is 5.16 Å². The van der Waals surface area contributed by atoms with Crippen LogP contribution in [0.15, 0.2) is 16.8 Å². The van der Waals surface area contributed by atoms with Crippen LogP contribution in [0, 0.1) is 6.42 Å². The van der Waals surface area contributed by atoms with Crippen LogP contribution in [0.25, 0.3) is 0 Å². The van der Waals surface area contributed by atoms with Crippen molar-refractivity contribution < 1.29 is 4.52 Å². The number of aromatic nitrogens is 1. The lowest BCUT2D eigenvalue weighted by atomic mass is 10.4. The van der Waals surface area contributed by atoms with Crippen LogP contribution in [0.4, 0.5) is 0 Å². The lowest BCUT2D eigenvalue weighted by molar-refractivity contribution is 0.402. The van der Waals surface area contributed by atoms with Gasteiger partial charge in [-0.1, -0.05) is 12.1 Å². The van der Waals surface area contributed by atoms with Crippen molar-refractivity contribution in [3.8, 4) is 0 Å². The van der Waals surface area contributed by atoms with Crippen LogP contribution in [-0.4, -0.2) is 5.16 Å². The molecule has 1 radical (unpaired) electrons. The Hall–Kier alpha value is -0.790. The van der Waals surface area contributed by atoms with Gasteiger partial charge in [-0.3, -0.25) is 0 Å². The van der Waals surface area contributed by atoms with E-state index in [1.54, 1.807) is 12.3 Å². The molecule has 0 aliphatic carbocycles. The molecular formula is C5H6NO. The van der Waals surface area contributed by atoms with E-state index in [9.17, 15) is 0 Å². The van der Waals surface area contributed by atoms with Crippen molar-refractivity contribution in [2.24, 2.45) is 0 Å². The van der Waals surface area contributed by atoms with Crippen LogP contribution in [-0.2, 0) is 0 Å². The molecule has 37 valence electrons. The molecule has 0 aliphatic heterocycles. The molecule has 0 aliphatic rings. The van der Waals surface area contributed by atoms with Crippen LogP contribution in [0.2, 0.25) is 0 Å². The fraction of sp³-hybridized carbons (Fsp3) is 0.200. The third-order valence-electron chi connectivity index (χ3n) is 0.742. The Morgan fingerprint density at radius 2 is 2.71 bits per heavy atom. The summed E-state index contributed by atoms with van der Waals surface area (Å²) in [4.78, 5) is 0. The molecule has 0 saturated carbocycles. The van der Waals surface area contributed by atoms with Crippen LogP contribution in [0.3, 0.4) is 0 Å². The van der Waals surface area contributed by atoms with Gasteiger partial charge in [0.2, 0.25) is 0 Å². The number of hydrogen-bond donors (Lipinski definition) is 0. The normalized spacial score (nSPS) is 9.29. The van der Waals surface area contributed by atoms with E-state index in [2.05, 4.69) is 9.68 Å². The summed E-state index contributed by atoms with van der Waals surface area (Å²) in [6.07, 6.45) is 3.47. The average Bonchev–Trinajstić information content (AvgIpc) is 2.14. The van der Waals surface area contributed by atoms with Crippen LogP contribution in [0.5, 0.6) is 0 Å². The maximum atomic E-state index is 4.68. The van der Waals surface area contributed by atoms with Gasteiger partial charge >= 0.3 is 0 Å². The SMILES string of the molecule is C[CH]c1ccno1. The van der Waals surface area contributed by atoms with Crippen molar-refractivity contribution in [2.45, 2.75) is 6.92 Å². The zero-order valence-corrected chi connectivity index (χ0v) is 4.09. The van der Waals surface area contributed by atoms with E-state index in [0.29, 0.717) is 0 Å². The predicted octanol–water partition coefficient (Wildman–Crippen LogP) is 1.25. The quantitative estimate of drug-likeness (QED) is 0.525. The van der Waals surface area contributed by atoms with E-state index in [-0.39, 0.29) is 0 Å². The van der Waals surface area contributed by atoms with Gasteiger partial charge < -0.3 is 4.52 Å². The Morgan fingerprint density at radius 1 is 1.86 bits per heavy atom. The molecule has 0 amide bonds. The zero-order valence-electron chi connectivity index (χ0n) is 4.09. The summed E-state index contributed by atoms with van der Waals surface area (Å²) in [5.74, 6) is 0.819. The van der Waals surface area contributed by atoms with Gasteiger partial charge in [0.1, 0.15) is 5.76 Å². The number of rotatable bonds is 1. The van der Waals surface area contributed by atoms with E-state index in [4.69, 9.17) is 0 Å². The second-order valence-corrected chi connectivity index (χ2v) is 1.20. The molecule has 2 nitrogen and oxygen atoms in total. The number of nitrogens with zero attached hydrogens (tertiary/aromatic N) is 1. The topological polar surface area (TPSA) is 26.0 Å². The predicted molar refractivity (Wildman–Crippen MR) is 25.6 cm³/mol. The first kappa shape index (κ1) is 4.37. The monoisotopic (exact) mass is 96.0 g/mol. The third kappa shape index (κ3) is 0.796. The maximum absolute atomic E-state index is 4.68. The minimum atomic E-state index is 0.819. The molecule has 1 heterocycles. The van der Waals surface area contributed by atoms with Gasteiger partial charge in [0.15, 0.2) is 0 Å². The Kier molecular flexibility index (Phi) is 1.11. The van der Waals surface area contributed by atoms with E-state index in [1.807, 2.05) is 13.3 Å². The van der Waals surface area contributed by atoms with Crippen LogP contribution >= 0.6 is 0 Å².